The summed E-state index contributed by atoms with van der Waals surface area (Å²) in [7, 11) is -3.68. The normalized spacial score (nSPS) is 21.8. The van der Waals surface area contributed by atoms with Crippen LogP contribution in [0, 0.1) is 12.7 Å². The Morgan fingerprint density at radius 2 is 1.83 bits per heavy atom. The number of benzene rings is 1. The Bertz CT molecular complexity index is 1320. The molecule has 2 saturated heterocycles. The number of pyridine rings is 1. The van der Waals surface area contributed by atoms with Gasteiger partial charge in [0, 0.05) is 43.5 Å². The maximum absolute atomic E-state index is 14.6. The van der Waals surface area contributed by atoms with Gasteiger partial charge in [0.05, 0.1) is 0 Å². The first-order chi connectivity index (χ1) is 16.6. The lowest BCUT2D eigenvalue weighted by Gasteiger charge is -2.32. The number of sulfonamides is 1. The molecule has 0 bridgehead atoms. The molecule has 1 aromatic heterocycles. The number of aryl methyl sites for hydroxylation is 1. The van der Waals surface area contributed by atoms with Crippen LogP contribution in [0.1, 0.15) is 58.8 Å². The fourth-order valence-corrected chi connectivity index (χ4v) is 6.60. The van der Waals surface area contributed by atoms with Gasteiger partial charge in [-0.15, -0.1) is 0 Å². The zero-order valence-corrected chi connectivity index (χ0v) is 20.0. The second-order valence-corrected chi connectivity index (χ2v) is 11.2. The Kier molecular flexibility index (Phi) is 5.92. The molecule has 1 aromatic carbocycles. The predicted octanol–water partition coefficient (Wildman–Crippen LogP) is 1.86. The van der Waals surface area contributed by atoms with E-state index in [2.05, 4.69) is 10.3 Å². The van der Waals surface area contributed by atoms with E-state index in [0.29, 0.717) is 24.0 Å². The fraction of sp³-hybridized carbons (Fsp3) is 0.417. The zero-order valence-electron chi connectivity index (χ0n) is 19.2. The van der Waals surface area contributed by atoms with Gasteiger partial charge in [-0.05, 0) is 67.5 Å². The second kappa shape index (κ2) is 8.80. The molecule has 0 saturated carbocycles. The summed E-state index contributed by atoms with van der Waals surface area (Å²) in [5.41, 5.74) is 2.30. The molecule has 184 valence electrons. The van der Waals surface area contributed by atoms with E-state index < -0.39 is 33.7 Å². The Morgan fingerprint density at radius 1 is 1.09 bits per heavy atom. The van der Waals surface area contributed by atoms with Crippen LogP contribution in [0.25, 0.3) is 0 Å². The van der Waals surface area contributed by atoms with Crippen molar-refractivity contribution in [2.75, 3.05) is 13.1 Å². The highest BCUT2D eigenvalue weighted by molar-refractivity contribution is 7.89. The van der Waals surface area contributed by atoms with Gasteiger partial charge < -0.3 is 4.90 Å². The molecule has 2 aromatic rings. The number of nitrogens with zero attached hydrogens (tertiary/aromatic N) is 3. The van der Waals surface area contributed by atoms with Crippen molar-refractivity contribution in [3.8, 4) is 0 Å². The molecule has 1 atom stereocenters. The smallest absolute Gasteiger partial charge is 0.255 e. The van der Waals surface area contributed by atoms with Crippen LogP contribution in [-0.2, 0) is 26.2 Å². The molecule has 4 heterocycles. The molecule has 1 N–H and O–H groups in total. The summed E-state index contributed by atoms with van der Waals surface area (Å²) in [6, 6.07) is 5.02. The number of nitrogens with one attached hydrogen (secondary N) is 1. The van der Waals surface area contributed by atoms with Crippen molar-refractivity contribution >= 4 is 27.7 Å². The summed E-state index contributed by atoms with van der Waals surface area (Å²) in [4.78, 5) is 42.5. The van der Waals surface area contributed by atoms with Gasteiger partial charge in [-0.2, -0.15) is 4.31 Å². The van der Waals surface area contributed by atoms with Crippen molar-refractivity contribution in [3.05, 3.63) is 58.7 Å². The second-order valence-electron chi connectivity index (χ2n) is 9.23. The van der Waals surface area contributed by atoms with Crippen LogP contribution < -0.4 is 5.32 Å². The number of piperidine rings is 2. The molecule has 9 nitrogen and oxygen atoms in total. The molecule has 35 heavy (non-hydrogen) atoms. The van der Waals surface area contributed by atoms with Crippen molar-refractivity contribution in [2.45, 2.75) is 56.0 Å². The largest absolute Gasteiger partial charge is 0.322 e. The number of carbonyl (C=O) groups is 3. The molecular weight excluding hydrogens is 475 g/mol. The van der Waals surface area contributed by atoms with Gasteiger partial charge in [-0.3, -0.25) is 24.7 Å². The van der Waals surface area contributed by atoms with E-state index in [1.54, 1.807) is 19.1 Å². The average molecular weight is 501 g/mol. The third-order valence-electron chi connectivity index (χ3n) is 7.07. The van der Waals surface area contributed by atoms with Gasteiger partial charge in [0.2, 0.25) is 21.8 Å². The number of hydrogen-bond acceptors (Lipinski definition) is 6. The number of halogens is 1. The van der Waals surface area contributed by atoms with Crippen molar-refractivity contribution in [2.24, 2.45) is 0 Å². The summed E-state index contributed by atoms with van der Waals surface area (Å²) in [5.74, 6) is -1.99. The molecule has 2 fully saturated rings. The van der Waals surface area contributed by atoms with E-state index in [4.69, 9.17) is 0 Å². The van der Waals surface area contributed by atoms with Crippen molar-refractivity contribution < 1.29 is 27.2 Å². The van der Waals surface area contributed by atoms with Gasteiger partial charge in [-0.1, -0.05) is 0 Å². The monoisotopic (exact) mass is 500 g/mol. The maximum atomic E-state index is 14.6. The van der Waals surface area contributed by atoms with E-state index in [-0.39, 0.29) is 54.8 Å². The van der Waals surface area contributed by atoms with E-state index in [1.807, 2.05) is 0 Å². The lowest BCUT2D eigenvalue weighted by Crippen LogP contribution is -2.52. The highest BCUT2D eigenvalue weighted by Gasteiger charge is 2.41. The molecule has 0 aliphatic carbocycles. The lowest BCUT2D eigenvalue weighted by atomic mass is 9.86. The number of fused-ring (bicyclic) bond motifs is 1. The first kappa shape index (κ1) is 23.6. The number of amides is 3. The maximum Gasteiger partial charge on any atom is 0.255 e. The molecular formula is C24H25FN4O5S. The Hall–Kier alpha value is -3.18. The van der Waals surface area contributed by atoms with Crippen LogP contribution in [0.2, 0.25) is 0 Å². The Labute approximate surface area is 202 Å². The number of aromatic nitrogens is 1. The average Bonchev–Trinajstić information content (AvgIpc) is 3.15. The molecule has 0 spiro atoms. The molecule has 11 heteroatoms. The fourth-order valence-electron chi connectivity index (χ4n) is 5.18. The predicted molar refractivity (Wildman–Crippen MR) is 122 cm³/mol. The summed E-state index contributed by atoms with van der Waals surface area (Å²) in [6.07, 6.45) is 2.67. The van der Waals surface area contributed by atoms with Gasteiger partial charge in [0.1, 0.15) is 16.8 Å². The van der Waals surface area contributed by atoms with E-state index >= 15 is 0 Å². The molecule has 3 aliphatic rings. The number of rotatable bonds is 4. The molecule has 3 aliphatic heterocycles. The molecule has 3 amide bonds. The molecule has 5 rings (SSSR count). The first-order valence-electron chi connectivity index (χ1n) is 11.5. The van der Waals surface area contributed by atoms with Crippen LogP contribution in [-0.4, -0.2) is 59.5 Å². The number of hydrogen-bond donors (Lipinski definition) is 1. The molecule has 0 radical (unpaired) electrons. The third kappa shape index (κ3) is 4.23. The number of imide groups is 1. The topological polar surface area (TPSA) is 117 Å². The zero-order chi connectivity index (χ0) is 24.9. The van der Waals surface area contributed by atoms with Crippen LogP contribution >= 0.6 is 0 Å². The summed E-state index contributed by atoms with van der Waals surface area (Å²) in [6.45, 7) is 2.46. The van der Waals surface area contributed by atoms with Crippen LogP contribution in [0.4, 0.5) is 4.39 Å². The van der Waals surface area contributed by atoms with Crippen molar-refractivity contribution in [1.29, 1.82) is 0 Å². The minimum absolute atomic E-state index is 0.128. The molecule has 1 unspecified atom stereocenters. The quantitative estimate of drug-likeness (QED) is 0.641. The Balaban J connectivity index is 1.35. The third-order valence-corrected chi connectivity index (χ3v) is 8.95. The van der Waals surface area contributed by atoms with Crippen LogP contribution in [0.15, 0.2) is 35.4 Å². The van der Waals surface area contributed by atoms with Crippen molar-refractivity contribution in [1.82, 2.24) is 19.5 Å². The highest BCUT2D eigenvalue weighted by Crippen LogP contribution is 2.38. The highest BCUT2D eigenvalue weighted by atomic mass is 32.2. The summed E-state index contributed by atoms with van der Waals surface area (Å²) < 4.78 is 42.0. The van der Waals surface area contributed by atoms with Gasteiger partial charge in [0.25, 0.3) is 5.91 Å². The van der Waals surface area contributed by atoms with Crippen molar-refractivity contribution in [3.63, 3.8) is 0 Å². The van der Waals surface area contributed by atoms with Gasteiger partial charge in [0.15, 0.2) is 0 Å². The van der Waals surface area contributed by atoms with E-state index in [1.165, 1.54) is 27.5 Å². The lowest BCUT2D eigenvalue weighted by molar-refractivity contribution is -0.136. The summed E-state index contributed by atoms with van der Waals surface area (Å²) in [5, 5.41) is 2.27. The van der Waals surface area contributed by atoms with Crippen LogP contribution in [0.3, 0.4) is 0 Å². The Morgan fingerprint density at radius 3 is 2.49 bits per heavy atom. The minimum atomic E-state index is -3.68. The summed E-state index contributed by atoms with van der Waals surface area (Å²) >= 11 is 0. The van der Waals surface area contributed by atoms with Gasteiger partial charge >= 0.3 is 0 Å². The van der Waals surface area contributed by atoms with E-state index in [9.17, 15) is 27.2 Å². The van der Waals surface area contributed by atoms with Crippen LogP contribution in [0.5, 0.6) is 0 Å². The minimum Gasteiger partial charge on any atom is -0.322 e. The van der Waals surface area contributed by atoms with E-state index in [0.717, 1.165) is 5.69 Å². The standard InChI is InChI=1S/C24H25FN4O5S/c1-14-2-3-17(12-26-14)35(33,34)28-8-6-15(7-9-28)18-10-16(25)11-19-20(18)13-29(24(19)32)21-4-5-22(30)27-23(21)31/h2-3,10-12,15,21H,4-9,13H2,1H3,(H,27,30,31). The van der Waals surface area contributed by atoms with Gasteiger partial charge in [-0.25, -0.2) is 12.8 Å². The SMILES string of the molecule is Cc1ccc(S(=O)(=O)N2CCC(c3cc(F)cc4c3CN(C3CCC(=O)NC3=O)C4=O)CC2)cn1. The first-order valence-corrected chi connectivity index (χ1v) is 13.0. The number of carbonyl (C=O) groups excluding carboxylic acids is 3.